The van der Waals surface area contributed by atoms with Gasteiger partial charge in [0.05, 0.1) is 23.2 Å². The smallest absolute Gasteiger partial charge is 0.277 e. The molecular formula is C12H13N5OS2. The minimum atomic E-state index is -0.0888. The lowest BCUT2D eigenvalue weighted by atomic mass is 10.3. The van der Waals surface area contributed by atoms with E-state index in [2.05, 4.69) is 20.1 Å². The topological polar surface area (TPSA) is 90.7 Å². The van der Waals surface area contributed by atoms with Gasteiger partial charge in [-0.2, -0.15) is 4.98 Å². The molecule has 0 spiro atoms. The molecule has 104 valence electrons. The largest absolute Gasteiger partial charge is 0.332 e. The lowest BCUT2D eigenvalue weighted by Gasteiger charge is -1.95. The Morgan fingerprint density at radius 1 is 1.25 bits per heavy atom. The predicted molar refractivity (Wildman–Crippen MR) is 77.7 cm³/mol. The molecule has 0 radical (unpaired) electrons. The predicted octanol–water partition coefficient (Wildman–Crippen LogP) is 2.57. The molecule has 0 amide bonds. The minimum Gasteiger partial charge on any atom is -0.332 e. The van der Waals surface area contributed by atoms with Gasteiger partial charge in [0.25, 0.3) is 5.89 Å². The van der Waals surface area contributed by atoms with Crippen LogP contribution in [0.5, 0.6) is 0 Å². The normalized spacial score (nSPS) is 12.8. The molecule has 8 heteroatoms. The number of aromatic nitrogens is 4. The van der Waals surface area contributed by atoms with Crippen molar-refractivity contribution in [3.8, 4) is 11.6 Å². The first-order valence-corrected chi connectivity index (χ1v) is 7.82. The Hall–Kier alpha value is -1.64. The molecule has 0 bridgehead atoms. The molecule has 6 nitrogen and oxygen atoms in total. The van der Waals surface area contributed by atoms with Crippen molar-refractivity contribution >= 4 is 22.7 Å². The van der Waals surface area contributed by atoms with Gasteiger partial charge >= 0.3 is 0 Å². The van der Waals surface area contributed by atoms with Gasteiger partial charge in [-0.15, -0.1) is 22.7 Å². The van der Waals surface area contributed by atoms with Crippen molar-refractivity contribution in [1.82, 2.24) is 20.1 Å². The molecule has 0 aliphatic carbocycles. The van der Waals surface area contributed by atoms with Crippen LogP contribution in [-0.2, 0) is 6.42 Å². The molecule has 0 aliphatic heterocycles. The van der Waals surface area contributed by atoms with E-state index in [0.717, 1.165) is 15.7 Å². The molecule has 3 aromatic rings. The van der Waals surface area contributed by atoms with E-state index in [4.69, 9.17) is 10.3 Å². The lowest BCUT2D eigenvalue weighted by Crippen LogP contribution is -2.03. The van der Waals surface area contributed by atoms with E-state index in [-0.39, 0.29) is 6.04 Å². The zero-order valence-electron chi connectivity index (χ0n) is 11.0. The summed E-state index contributed by atoms with van der Waals surface area (Å²) in [4.78, 5) is 13.1. The summed E-state index contributed by atoms with van der Waals surface area (Å²) < 4.78 is 5.24. The van der Waals surface area contributed by atoms with Gasteiger partial charge in [-0.05, 0) is 13.8 Å². The molecule has 0 saturated carbocycles. The van der Waals surface area contributed by atoms with Crippen LogP contribution in [0.1, 0.15) is 34.5 Å². The average Bonchev–Trinajstić information content (AvgIpc) is 3.10. The van der Waals surface area contributed by atoms with Crippen LogP contribution in [0.25, 0.3) is 11.6 Å². The van der Waals surface area contributed by atoms with Crippen LogP contribution >= 0.6 is 22.7 Å². The van der Waals surface area contributed by atoms with E-state index in [1.54, 1.807) is 11.3 Å². The van der Waals surface area contributed by atoms with Gasteiger partial charge < -0.3 is 10.3 Å². The van der Waals surface area contributed by atoms with Gasteiger partial charge in [0.1, 0.15) is 10.7 Å². The number of nitrogens with two attached hydrogens (primary N) is 1. The highest BCUT2D eigenvalue weighted by atomic mass is 32.1. The standard InChI is InChI=1S/C12H13N5OS2/c1-6(13)12-15-9(5-20-12)11-16-10(17-18-11)3-8-4-19-7(2)14-8/h4-6H,3,13H2,1-2H3. The maximum atomic E-state index is 5.79. The number of hydrogen-bond donors (Lipinski definition) is 1. The Labute approximate surface area is 123 Å². The maximum absolute atomic E-state index is 5.79. The Kier molecular flexibility index (Phi) is 3.60. The fraction of sp³-hybridized carbons (Fsp3) is 0.333. The van der Waals surface area contributed by atoms with Crippen LogP contribution in [0.2, 0.25) is 0 Å². The summed E-state index contributed by atoms with van der Waals surface area (Å²) in [5.41, 5.74) is 7.42. The second-order valence-electron chi connectivity index (χ2n) is 4.41. The molecule has 0 aliphatic rings. The van der Waals surface area contributed by atoms with Crippen LogP contribution in [-0.4, -0.2) is 20.1 Å². The van der Waals surface area contributed by atoms with Crippen molar-refractivity contribution < 1.29 is 4.52 Å². The second kappa shape index (κ2) is 5.39. The zero-order valence-corrected chi connectivity index (χ0v) is 12.7. The van der Waals surface area contributed by atoms with Gasteiger partial charge in [0.2, 0.25) is 0 Å². The van der Waals surface area contributed by atoms with Crippen molar-refractivity contribution in [3.63, 3.8) is 0 Å². The van der Waals surface area contributed by atoms with Gasteiger partial charge in [-0.3, -0.25) is 0 Å². The Balaban J connectivity index is 1.78. The van der Waals surface area contributed by atoms with Crippen LogP contribution in [0.3, 0.4) is 0 Å². The van der Waals surface area contributed by atoms with Crippen LogP contribution in [0.15, 0.2) is 15.3 Å². The molecule has 3 aromatic heterocycles. The number of nitrogens with zero attached hydrogens (tertiary/aromatic N) is 4. The Bertz CT molecular complexity index is 715. The van der Waals surface area contributed by atoms with Crippen molar-refractivity contribution in [2.75, 3.05) is 0 Å². The molecule has 1 atom stereocenters. The Morgan fingerprint density at radius 2 is 2.10 bits per heavy atom. The average molecular weight is 307 g/mol. The first-order valence-electron chi connectivity index (χ1n) is 6.07. The summed E-state index contributed by atoms with van der Waals surface area (Å²) in [7, 11) is 0. The quantitative estimate of drug-likeness (QED) is 0.796. The van der Waals surface area contributed by atoms with E-state index in [9.17, 15) is 0 Å². The SMILES string of the molecule is Cc1nc(Cc2noc(-c3csc(C(C)N)n3)n2)cs1. The summed E-state index contributed by atoms with van der Waals surface area (Å²) in [5.74, 6) is 1.04. The third-order valence-electron chi connectivity index (χ3n) is 2.60. The van der Waals surface area contributed by atoms with Gasteiger partial charge in [0.15, 0.2) is 5.82 Å². The molecule has 0 aromatic carbocycles. The summed E-state index contributed by atoms with van der Waals surface area (Å²) >= 11 is 3.11. The maximum Gasteiger partial charge on any atom is 0.277 e. The molecule has 3 rings (SSSR count). The first-order chi connectivity index (χ1) is 9.61. The van der Waals surface area contributed by atoms with Crippen molar-refractivity contribution in [2.45, 2.75) is 26.3 Å². The fourth-order valence-corrected chi connectivity index (χ4v) is 3.04. The molecular weight excluding hydrogens is 294 g/mol. The van der Waals surface area contributed by atoms with Crippen molar-refractivity contribution in [3.05, 3.63) is 32.3 Å². The Morgan fingerprint density at radius 3 is 2.75 bits per heavy atom. The molecule has 20 heavy (non-hydrogen) atoms. The molecule has 0 saturated heterocycles. The summed E-state index contributed by atoms with van der Waals surface area (Å²) in [6.45, 7) is 3.87. The molecule has 3 heterocycles. The second-order valence-corrected chi connectivity index (χ2v) is 6.36. The van der Waals surface area contributed by atoms with Gasteiger partial charge in [-0.25, -0.2) is 9.97 Å². The highest BCUT2D eigenvalue weighted by Crippen LogP contribution is 2.23. The zero-order chi connectivity index (χ0) is 14.1. The van der Waals surface area contributed by atoms with Crippen molar-refractivity contribution in [2.24, 2.45) is 5.73 Å². The monoisotopic (exact) mass is 307 g/mol. The summed E-state index contributed by atoms with van der Waals surface area (Å²) in [6.07, 6.45) is 0.568. The first kappa shape index (κ1) is 13.3. The van der Waals surface area contributed by atoms with E-state index in [1.165, 1.54) is 11.3 Å². The van der Waals surface area contributed by atoms with Crippen LogP contribution < -0.4 is 5.73 Å². The van der Waals surface area contributed by atoms with Crippen LogP contribution in [0, 0.1) is 6.92 Å². The molecule has 1 unspecified atom stereocenters. The van der Waals surface area contributed by atoms with E-state index in [0.29, 0.717) is 23.8 Å². The van der Waals surface area contributed by atoms with Gasteiger partial charge in [-0.1, -0.05) is 5.16 Å². The van der Waals surface area contributed by atoms with Crippen LogP contribution in [0.4, 0.5) is 0 Å². The number of hydrogen-bond acceptors (Lipinski definition) is 8. The highest BCUT2D eigenvalue weighted by Gasteiger charge is 2.14. The number of thiazole rings is 2. The fourth-order valence-electron chi connectivity index (χ4n) is 1.68. The van der Waals surface area contributed by atoms with E-state index in [1.807, 2.05) is 24.6 Å². The minimum absolute atomic E-state index is 0.0888. The molecule has 2 N–H and O–H groups in total. The third kappa shape index (κ3) is 2.77. The summed E-state index contributed by atoms with van der Waals surface area (Å²) in [6, 6.07) is -0.0888. The highest BCUT2D eigenvalue weighted by molar-refractivity contribution is 7.10. The lowest BCUT2D eigenvalue weighted by molar-refractivity contribution is 0.422. The van der Waals surface area contributed by atoms with Gasteiger partial charge in [0, 0.05) is 10.8 Å². The number of aryl methyl sites for hydroxylation is 1. The summed E-state index contributed by atoms with van der Waals surface area (Å²) in [5, 5.41) is 9.73. The third-order valence-corrected chi connectivity index (χ3v) is 4.47. The molecule has 0 fully saturated rings. The number of rotatable bonds is 4. The van der Waals surface area contributed by atoms with E-state index < -0.39 is 0 Å². The van der Waals surface area contributed by atoms with E-state index >= 15 is 0 Å². The van der Waals surface area contributed by atoms with Crippen molar-refractivity contribution in [1.29, 1.82) is 0 Å².